The maximum atomic E-state index is 13.2. The molecule has 96 valence electrons. The van der Waals surface area contributed by atoms with E-state index in [1.165, 1.54) is 12.1 Å². The molecule has 1 heterocycles. The Morgan fingerprint density at radius 2 is 1.95 bits per heavy atom. The Hall–Kier alpha value is -2.20. The number of para-hydroxylation sites is 2. The minimum Gasteiger partial charge on any atom is -0.324 e. The second-order valence-electron chi connectivity index (χ2n) is 4.44. The van der Waals surface area contributed by atoms with E-state index in [1.54, 1.807) is 6.07 Å². The van der Waals surface area contributed by atoms with Gasteiger partial charge in [-0.3, -0.25) is 0 Å². The topological polar surface area (TPSA) is 43.8 Å². The highest BCUT2D eigenvalue weighted by atomic mass is 19.1. The molecule has 0 saturated carbocycles. The molecule has 0 atom stereocenters. The van der Waals surface area contributed by atoms with Crippen molar-refractivity contribution in [1.82, 2.24) is 9.55 Å². The summed E-state index contributed by atoms with van der Waals surface area (Å²) < 4.78 is 15.3. The molecule has 4 heteroatoms. The van der Waals surface area contributed by atoms with Gasteiger partial charge in [0.25, 0.3) is 0 Å². The molecule has 3 nitrogen and oxygen atoms in total. The number of nitrogens with two attached hydrogens (primary N) is 1. The molecular weight excluding hydrogens is 241 g/mol. The quantitative estimate of drug-likeness (QED) is 0.782. The van der Waals surface area contributed by atoms with Crippen molar-refractivity contribution in [3.63, 3.8) is 0 Å². The standard InChI is InChI=1S/C15H14FN3/c16-12-5-3-4-11(8-12)10-19-14-7-2-1-6-13(14)18-15(19)9-17/h1-8H,9-10,17H2. The minimum absolute atomic E-state index is 0.226. The van der Waals surface area contributed by atoms with Crippen LogP contribution in [0.2, 0.25) is 0 Å². The van der Waals surface area contributed by atoms with Crippen LogP contribution in [0, 0.1) is 5.82 Å². The predicted molar refractivity (Wildman–Crippen MR) is 73.1 cm³/mol. The molecule has 0 spiro atoms. The fraction of sp³-hybridized carbons (Fsp3) is 0.133. The molecule has 0 radical (unpaired) electrons. The van der Waals surface area contributed by atoms with Gasteiger partial charge in [-0.05, 0) is 29.8 Å². The van der Waals surface area contributed by atoms with E-state index >= 15 is 0 Å². The molecule has 2 N–H and O–H groups in total. The number of halogens is 1. The molecule has 0 unspecified atom stereocenters. The molecule has 0 bridgehead atoms. The Morgan fingerprint density at radius 1 is 1.11 bits per heavy atom. The van der Waals surface area contributed by atoms with Crippen molar-refractivity contribution in [2.75, 3.05) is 0 Å². The zero-order chi connectivity index (χ0) is 13.2. The Kier molecular flexibility index (Phi) is 3.01. The summed E-state index contributed by atoms with van der Waals surface area (Å²) in [4.78, 5) is 4.49. The molecule has 0 saturated heterocycles. The first kappa shape index (κ1) is 11.9. The summed E-state index contributed by atoms with van der Waals surface area (Å²) >= 11 is 0. The van der Waals surface area contributed by atoms with Crippen LogP contribution in [0.1, 0.15) is 11.4 Å². The molecule has 1 aromatic heterocycles. The number of imidazole rings is 1. The number of hydrogen-bond donors (Lipinski definition) is 1. The molecule has 3 rings (SSSR count). The van der Waals surface area contributed by atoms with E-state index in [0.717, 1.165) is 22.4 Å². The van der Waals surface area contributed by atoms with Crippen molar-refractivity contribution in [2.24, 2.45) is 5.73 Å². The lowest BCUT2D eigenvalue weighted by Crippen LogP contribution is -2.09. The maximum absolute atomic E-state index is 13.2. The number of rotatable bonds is 3. The van der Waals surface area contributed by atoms with E-state index in [2.05, 4.69) is 4.98 Å². The maximum Gasteiger partial charge on any atom is 0.123 e. The molecule has 19 heavy (non-hydrogen) atoms. The van der Waals surface area contributed by atoms with Crippen LogP contribution < -0.4 is 5.73 Å². The minimum atomic E-state index is -0.226. The van der Waals surface area contributed by atoms with Crippen molar-refractivity contribution < 1.29 is 4.39 Å². The van der Waals surface area contributed by atoms with E-state index in [-0.39, 0.29) is 5.82 Å². The first-order chi connectivity index (χ1) is 9.28. The van der Waals surface area contributed by atoms with E-state index in [9.17, 15) is 4.39 Å². The average molecular weight is 255 g/mol. The second kappa shape index (κ2) is 4.82. The van der Waals surface area contributed by atoms with Crippen LogP contribution in [0.15, 0.2) is 48.5 Å². The third-order valence-electron chi connectivity index (χ3n) is 3.15. The summed E-state index contributed by atoms with van der Waals surface area (Å²) in [5, 5.41) is 0. The number of aromatic nitrogens is 2. The average Bonchev–Trinajstić information content (AvgIpc) is 2.77. The van der Waals surface area contributed by atoms with Crippen LogP contribution in [0.3, 0.4) is 0 Å². The molecule has 0 aliphatic carbocycles. The molecule has 2 aromatic carbocycles. The van der Waals surface area contributed by atoms with Crippen molar-refractivity contribution in [3.8, 4) is 0 Å². The highest BCUT2D eigenvalue weighted by Gasteiger charge is 2.09. The summed E-state index contributed by atoms with van der Waals surface area (Å²) in [5.41, 5.74) is 8.58. The lowest BCUT2D eigenvalue weighted by molar-refractivity contribution is 0.623. The summed E-state index contributed by atoms with van der Waals surface area (Å²) in [5.74, 6) is 0.585. The smallest absolute Gasteiger partial charge is 0.123 e. The first-order valence-electron chi connectivity index (χ1n) is 6.16. The molecule has 0 aliphatic heterocycles. The monoisotopic (exact) mass is 255 g/mol. The highest BCUT2D eigenvalue weighted by molar-refractivity contribution is 5.76. The Morgan fingerprint density at radius 3 is 2.74 bits per heavy atom. The number of benzene rings is 2. The molecule has 3 aromatic rings. The van der Waals surface area contributed by atoms with E-state index in [1.807, 2.05) is 34.9 Å². The fourth-order valence-electron chi connectivity index (χ4n) is 2.28. The van der Waals surface area contributed by atoms with E-state index < -0.39 is 0 Å². The Labute approximate surface area is 110 Å². The lowest BCUT2D eigenvalue weighted by atomic mass is 10.2. The van der Waals surface area contributed by atoms with E-state index in [4.69, 9.17) is 5.73 Å². The Balaban J connectivity index is 2.08. The number of nitrogens with zero attached hydrogens (tertiary/aromatic N) is 2. The normalized spacial score (nSPS) is 11.1. The summed E-state index contributed by atoms with van der Waals surface area (Å²) in [6.07, 6.45) is 0. The van der Waals surface area contributed by atoms with Gasteiger partial charge in [-0.2, -0.15) is 0 Å². The molecule has 0 fully saturated rings. The molecule has 0 amide bonds. The van der Waals surface area contributed by atoms with Gasteiger partial charge in [-0.15, -0.1) is 0 Å². The third-order valence-corrected chi connectivity index (χ3v) is 3.15. The van der Waals surface area contributed by atoms with Crippen molar-refractivity contribution in [3.05, 3.63) is 65.7 Å². The van der Waals surface area contributed by atoms with Crippen molar-refractivity contribution >= 4 is 11.0 Å². The van der Waals surface area contributed by atoms with Gasteiger partial charge in [0.2, 0.25) is 0 Å². The summed E-state index contributed by atoms with van der Waals surface area (Å²) in [6, 6.07) is 14.5. The molecular formula is C15H14FN3. The van der Waals surface area contributed by atoms with Gasteiger partial charge in [-0.25, -0.2) is 9.37 Å². The predicted octanol–water partition coefficient (Wildman–Crippen LogP) is 2.68. The van der Waals surface area contributed by atoms with E-state index in [0.29, 0.717) is 13.1 Å². The lowest BCUT2D eigenvalue weighted by Gasteiger charge is -2.08. The first-order valence-corrected chi connectivity index (χ1v) is 6.16. The van der Waals surface area contributed by atoms with Crippen LogP contribution >= 0.6 is 0 Å². The van der Waals surface area contributed by atoms with Crippen LogP contribution in [0.4, 0.5) is 4.39 Å². The van der Waals surface area contributed by atoms with Gasteiger partial charge >= 0.3 is 0 Å². The van der Waals surface area contributed by atoms with Gasteiger partial charge in [0, 0.05) is 6.54 Å². The number of hydrogen-bond acceptors (Lipinski definition) is 2. The van der Waals surface area contributed by atoms with Gasteiger partial charge in [0.05, 0.1) is 17.6 Å². The van der Waals surface area contributed by atoms with Gasteiger partial charge in [-0.1, -0.05) is 24.3 Å². The van der Waals surface area contributed by atoms with Gasteiger partial charge in [0.15, 0.2) is 0 Å². The van der Waals surface area contributed by atoms with Gasteiger partial charge in [0.1, 0.15) is 11.6 Å². The van der Waals surface area contributed by atoms with Crippen molar-refractivity contribution in [1.29, 1.82) is 0 Å². The van der Waals surface area contributed by atoms with Crippen LogP contribution in [-0.4, -0.2) is 9.55 Å². The summed E-state index contributed by atoms with van der Waals surface area (Å²) in [6.45, 7) is 0.939. The third kappa shape index (κ3) is 2.22. The number of fused-ring (bicyclic) bond motifs is 1. The van der Waals surface area contributed by atoms with Crippen LogP contribution in [0.5, 0.6) is 0 Å². The highest BCUT2D eigenvalue weighted by Crippen LogP contribution is 2.18. The zero-order valence-electron chi connectivity index (χ0n) is 10.4. The molecule has 0 aliphatic rings. The fourth-order valence-corrected chi connectivity index (χ4v) is 2.28. The Bertz CT molecular complexity index is 718. The van der Waals surface area contributed by atoms with Crippen LogP contribution in [0.25, 0.3) is 11.0 Å². The summed E-state index contributed by atoms with van der Waals surface area (Å²) in [7, 11) is 0. The second-order valence-corrected chi connectivity index (χ2v) is 4.44. The van der Waals surface area contributed by atoms with Crippen molar-refractivity contribution in [2.45, 2.75) is 13.1 Å². The van der Waals surface area contributed by atoms with Gasteiger partial charge < -0.3 is 10.3 Å². The SMILES string of the molecule is NCc1nc2ccccc2n1Cc1cccc(F)c1. The van der Waals surface area contributed by atoms with Crippen LogP contribution in [-0.2, 0) is 13.1 Å². The zero-order valence-corrected chi connectivity index (χ0v) is 10.4. The largest absolute Gasteiger partial charge is 0.324 e.